The Bertz CT molecular complexity index is 1150. The molecule has 1 saturated carbocycles. The summed E-state index contributed by atoms with van der Waals surface area (Å²) in [4.78, 5) is 24.7. The third-order valence-electron chi connectivity index (χ3n) is 5.44. The van der Waals surface area contributed by atoms with Crippen LogP contribution in [0.5, 0.6) is 0 Å². The molecular weight excluding hydrogens is 451 g/mol. The predicted molar refractivity (Wildman–Crippen MR) is 115 cm³/mol. The van der Waals surface area contributed by atoms with E-state index < -0.39 is 11.2 Å². The highest BCUT2D eigenvalue weighted by Gasteiger charge is 2.55. The van der Waals surface area contributed by atoms with E-state index in [0.717, 1.165) is 15.7 Å². The van der Waals surface area contributed by atoms with Crippen LogP contribution in [0.3, 0.4) is 0 Å². The zero-order valence-electron chi connectivity index (χ0n) is 16.6. The lowest BCUT2D eigenvalue weighted by atomic mass is 9.97. The first-order chi connectivity index (χ1) is 14.3. The topological polar surface area (TPSA) is 76.9 Å². The number of halogens is 2. The fraction of sp³-hybridized carbons (Fsp3) is 0.273. The molecule has 6 nitrogen and oxygen atoms in total. The molecule has 1 N–H and O–H groups in total. The molecule has 1 aliphatic carbocycles. The molecule has 1 aromatic heterocycles. The van der Waals surface area contributed by atoms with Crippen LogP contribution in [0, 0.1) is 18.2 Å². The molecule has 1 heterocycles. The fourth-order valence-electron chi connectivity index (χ4n) is 3.53. The average Bonchev–Trinajstić information content (AvgIpc) is 3.40. The molecule has 0 bridgehead atoms. The Morgan fingerprint density at radius 3 is 2.67 bits per heavy atom. The van der Waals surface area contributed by atoms with Gasteiger partial charge in [0.1, 0.15) is 22.7 Å². The van der Waals surface area contributed by atoms with Gasteiger partial charge in [0.15, 0.2) is 0 Å². The van der Waals surface area contributed by atoms with Crippen molar-refractivity contribution in [2.45, 2.75) is 33.1 Å². The summed E-state index contributed by atoms with van der Waals surface area (Å²) in [5.41, 5.74) is 1.87. The van der Waals surface area contributed by atoms with Gasteiger partial charge >= 0.3 is 0 Å². The van der Waals surface area contributed by atoms with Crippen LogP contribution in [0.4, 0.5) is 10.1 Å². The minimum absolute atomic E-state index is 0.0601. The van der Waals surface area contributed by atoms with Gasteiger partial charge in [0.05, 0.1) is 11.9 Å². The number of carbonyl (C=O) groups excluding carboxylic acids is 2. The molecule has 3 aromatic rings. The number of hydrogen-bond acceptors (Lipinski definition) is 4. The molecule has 1 aliphatic rings. The van der Waals surface area contributed by atoms with Gasteiger partial charge in [0.2, 0.25) is 5.91 Å². The zero-order valence-corrected chi connectivity index (χ0v) is 18.2. The number of nitrogens with one attached hydrogen (secondary N) is 1. The summed E-state index contributed by atoms with van der Waals surface area (Å²) >= 11 is 3.43. The van der Waals surface area contributed by atoms with Crippen molar-refractivity contribution in [3.8, 4) is 16.9 Å². The van der Waals surface area contributed by atoms with Crippen molar-refractivity contribution < 1.29 is 14.0 Å². The second kappa shape index (κ2) is 7.75. The molecule has 0 spiro atoms. The third kappa shape index (κ3) is 3.67. The molecule has 1 amide bonds. The number of benzene rings is 2. The molecule has 0 atom stereocenters. The summed E-state index contributed by atoms with van der Waals surface area (Å²) in [6.07, 6.45) is 3.07. The van der Waals surface area contributed by atoms with Crippen molar-refractivity contribution >= 4 is 33.3 Å². The first-order valence-electron chi connectivity index (χ1n) is 9.67. The first-order valence-corrected chi connectivity index (χ1v) is 10.5. The number of rotatable bonds is 6. The molecule has 8 heteroatoms. The van der Waals surface area contributed by atoms with Crippen LogP contribution in [0.1, 0.15) is 31.7 Å². The Balaban J connectivity index is 1.61. The predicted octanol–water partition coefficient (Wildman–Crippen LogP) is 4.84. The Morgan fingerprint density at radius 1 is 1.23 bits per heavy atom. The van der Waals surface area contributed by atoms with E-state index in [1.165, 1.54) is 18.2 Å². The van der Waals surface area contributed by atoms with E-state index >= 15 is 0 Å². The third-order valence-corrected chi connectivity index (χ3v) is 5.93. The zero-order chi connectivity index (χ0) is 21.5. The lowest BCUT2D eigenvalue weighted by molar-refractivity contribution is -0.132. The van der Waals surface area contributed by atoms with Crippen molar-refractivity contribution in [2.75, 3.05) is 5.32 Å². The maximum absolute atomic E-state index is 14.5. The van der Waals surface area contributed by atoms with Crippen LogP contribution in [0.2, 0.25) is 0 Å². The van der Waals surface area contributed by atoms with Crippen molar-refractivity contribution in [3.63, 3.8) is 0 Å². The van der Waals surface area contributed by atoms with E-state index in [2.05, 4.69) is 31.6 Å². The van der Waals surface area contributed by atoms with Gasteiger partial charge in [0, 0.05) is 22.1 Å². The summed E-state index contributed by atoms with van der Waals surface area (Å²) in [6, 6.07) is 10.0. The summed E-state index contributed by atoms with van der Waals surface area (Å²) < 4.78 is 17.1. The first kappa shape index (κ1) is 20.4. The summed E-state index contributed by atoms with van der Waals surface area (Å²) in [7, 11) is 0. The molecular formula is C22H20BrFN4O2. The van der Waals surface area contributed by atoms with Gasteiger partial charge < -0.3 is 5.32 Å². The molecule has 0 saturated heterocycles. The molecule has 4 rings (SSSR count). The maximum atomic E-state index is 14.5. The van der Waals surface area contributed by atoms with E-state index in [1.54, 1.807) is 17.8 Å². The Hall–Kier alpha value is -2.87. The number of aryl methyl sites for hydroxylation is 1. The number of hydrogen-bond donors (Lipinski definition) is 1. The lowest BCUT2D eigenvalue weighted by Gasteiger charge is -2.14. The smallest absolute Gasteiger partial charge is 0.238 e. The van der Waals surface area contributed by atoms with Gasteiger partial charge in [0.25, 0.3) is 0 Å². The van der Waals surface area contributed by atoms with E-state index in [4.69, 9.17) is 0 Å². The summed E-state index contributed by atoms with van der Waals surface area (Å²) in [5.74, 6) is -0.866. The second-order valence-electron chi connectivity index (χ2n) is 7.49. The molecule has 2 aromatic carbocycles. The maximum Gasteiger partial charge on any atom is 0.238 e. The number of anilines is 1. The SMILES string of the molecule is CCC(=O)C1(C(=O)Nc2ccc(F)c(-c3cn(-c4ccc(Br)cc4C)nn3)c2)CC1. The highest BCUT2D eigenvalue weighted by Crippen LogP contribution is 2.48. The van der Waals surface area contributed by atoms with Crippen LogP contribution >= 0.6 is 15.9 Å². The second-order valence-corrected chi connectivity index (χ2v) is 8.40. The minimum atomic E-state index is -0.925. The van der Waals surface area contributed by atoms with Crippen LogP contribution < -0.4 is 5.32 Å². The number of amides is 1. The number of aromatic nitrogens is 3. The van der Waals surface area contributed by atoms with Crippen LogP contribution in [0.25, 0.3) is 16.9 Å². The highest BCUT2D eigenvalue weighted by atomic mass is 79.9. The van der Waals surface area contributed by atoms with Gasteiger partial charge in [-0.3, -0.25) is 9.59 Å². The fourth-order valence-corrected chi connectivity index (χ4v) is 4.00. The van der Waals surface area contributed by atoms with Gasteiger partial charge in [-0.15, -0.1) is 5.10 Å². The quantitative estimate of drug-likeness (QED) is 0.522. The van der Waals surface area contributed by atoms with Crippen LogP contribution in [-0.2, 0) is 9.59 Å². The largest absolute Gasteiger partial charge is 0.325 e. The standard InChI is InChI=1S/C22H20BrFN4O2/c1-3-20(29)22(8-9-22)21(30)25-15-5-6-17(24)16(11-15)18-12-28(27-26-18)19-7-4-14(23)10-13(19)2/h4-7,10-12H,3,8-9H2,1-2H3,(H,25,30). The average molecular weight is 471 g/mol. The number of nitrogens with zero attached hydrogens (tertiary/aromatic N) is 3. The highest BCUT2D eigenvalue weighted by molar-refractivity contribution is 9.10. The monoisotopic (exact) mass is 470 g/mol. The minimum Gasteiger partial charge on any atom is -0.325 e. The van der Waals surface area contributed by atoms with Crippen molar-refractivity contribution in [3.05, 3.63) is 58.4 Å². The normalized spacial score (nSPS) is 14.4. The molecule has 1 fully saturated rings. The number of Topliss-reactive ketones (excluding diaryl/α,β-unsaturated/α-hetero) is 1. The molecule has 30 heavy (non-hydrogen) atoms. The molecule has 0 aliphatic heterocycles. The van der Waals surface area contributed by atoms with Crippen molar-refractivity contribution in [1.82, 2.24) is 15.0 Å². The Labute approximate surface area is 181 Å². The van der Waals surface area contributed by atoms with Crippen LogP contribution in [0.15, 0.2) is 47.1 Å². The molecule has 0 radical (unpaired) electrons. The van der Waals surface area contributed by atoms with E-state index in [-0.39, 0.29) is 17.3 Å². The summed E-state index contributed by atoms with van der Waals surface area (Å²) in [5, 5.41) is 11.0. The van der Waals surface area contributed by atoms with Gasteiger partial charge in [-0.05, 0) is 61.7 Å². The van der Waals surface area contributed by atoms with Crippen LogP contribution in [-0.4, -0.2) is 26.7 Å². The van der Waals surface area contributed by atoms with Gasteiger partial charge in [-0.2, -0.15) is 0 Å². The lowest BCUT2D eigenvalue weighted by Crippen LogP contribution is -2.31. The van der Waals surface area contributed by atoms with E-state index in [1.807, 2.05) is 25.1 Å². The Kier molecular flexibility index (Phi) is 5.27. The molecule has 154 valence electrons. The van der Waals surface area contributed by atoms with Gasteiger partial charge in [-0.1, -0.05) is 28.1 Å². The van der Waals surface area contributed by atoms with E-state index in [9.17, 15) is 14.0 Å². The Morgan fingerprint density at radius 2 is 2.00 bits per heavy atom. The van der Waals surface area contributed by atoms with Crippen molar-refractivity contribution in [2.24, 2.45) is 5.41 Å². The van der Waals surface area contributed by atoms with Crippen molar-refractivity contribution in [1.29, 1.82) is 0 Å². The number of carbonyl (C=O) groups is 2. The molecule has 0 unspecified atom stereocenters. The number of ketones is 1. The summed E-state index contributed by atoms with van der Waals surface area (Å²) in [6.45, 7) is 3.70. The van der Waals surface area contributed by atoms with Gasteiger partial charge in [-0.25, -0.2) is 9.07 Å². The van der Waals surface area contributed by atoms with E-state index in [0.29, 0.717) is 30.6 Å².